The van der Waals surface area contributed by atoms with E-state index in [0.29, 0.717) is 18.9 Å². The highest BCUT2D eigenvalue weighted by atomic mass is 16.6. The molecule has 1 saturated carbocycles. The molecule has 0 N–H and O–H groups in total. The summed E-state index contributed by atoms with van der Waals surface area (Å²) in [6.07, 6.45) is 0.673. The highest BCUT2D eigenvalue weighted by Gasteiger charge is 2.67. The van der Waals surface area contributed by atoms with Gasteiger partial charge in [-0.15, -0.1) is 0 Å². The lowest BCUT2D eigenvalue weighted by molar-refractivity contribution is -0.168. The van der Waals surface area contributed by atoms with Crippen molar-refractivity contribution in [3.63, 3.8) is 0 Å². The molecule has 2 aliphatic rings. The molecule has 3 atom stereocenters. The first kappa shape index (κ1) is 14.3. The summed E-state index contributed by atoms with van der Waals surface area (Å²) >= 11 is 0. The second kappa shape index (κ2) is 4.20. The third-order valence-electron chi connectivity index (χ3n) is 4.42. The molecule has 0 bridgehead atoms. The molecule has 0 amide bonds. The van der Waals surface area contributed by atoms with Crippen LogP contribution in [-0.2, 0) is 19.0 Å². The van der Waals surface area contributed by atoms with Crippen molar-refractivity contribution in [1.29, 1.82) is 0 Å². The van der Waals surface area contributed by atoms with Crippen molar-refractivity contribution in [3.8, 4) is 0 Å². The van der Waals surface area contributed by atoms with E-state index >= 15 is 0 Å². The molecule has 1 fully saturated rings. The van der Waals surface area contributed by atoms with Crippen LogP contribution < -0.4 is 0 Å². The maximum absolute atomic E-state index is 12.3. The molecule has 1 aliphatic heterocycles. The van der Waals surface area contributed by atoms with Gasteiger partial charge in [0.1, 0.15) is 0 Å². The molecule has 5 nitrogen and oxygen atoms in total. The number of methoxy groups -OCH3 is 2. The van der Waals surface area contributed by atoms with Crippen molar-refractivity contribution in [2.45, 2.75) is 45.3 Å². The number of nitrogens with zero attached hydrogens (tertiary/aromatic N) is 1. The number of hydrogen-bond donors (Lipinski definition) is 0. The number of cyclic esters (lactones) is 1. The van der Waals surface area contributed by atoms with Crippen LogP contribution in [0.5, 0.6) is 0 Å². The van der Waals surface area contributed by atoms with Crippen molar-refractivity contribution in [1.82, 2.24) is 0 Å². The predicted octanol–water partition coefficient (Wildman–Crippen LogP) is 1.80. The van der Waals surface area contributed by atoms with Gasteiger partial charge in [0, 0.05) is 18.4 Å². The first-order chi connectivity index (χ1) is 8.71. The number of carbonyl (C=O) groups excluding carboxylic acids is 1. The van der Waals surface area contributed by atoms with Gasteiger partial charge in [-0.05, 0) is 13.3 Å². The van der Waals surface area contributed by atoms with Gasteiger partial charge in [-0.3, -0.25) is 0 Å². The van der Waals surface area contributed by atoms with E-state index in [9.17, 15) is 4.79 Å². The van der Waals surface area contributed by atoms with Gasteiger partial charge in [0.2, 0.25) is 5.90 Å². The molecule has 5 heteroatoms. The van der Waals surface area contributed by atoms with Crippen LogP contribution in [0.3, 0.4) is 0 Å². The molecule has 2 rings (SSSR count). The number of rotatable bonds is 2. The lowest BCUT2D eigenvalue weighted by atomic mass is 9.76. The van der Waals surface area contributed by atoms with E-state index in [2.05, 4.69) is 4.99 Å². The number of carbonyl (C=O) groups is 1. The first-order valence-electron chi connectivity index (χ1n) is 6.58. The monoisotopic (exact) mass is 269 g/mol. The van der Waals surface area contributed by atoms with E-state index in [1.807, 2.05) is 27.7 Å². The van der Waals surface area contributed by atoms with Crippen LogP contribution in [0.4, 0.5) is 0 Å². The Kier molecular flexibility index (Phi) is 3.16. The Morgan fingerprint density at radius 2 is 2.05 bits per heavy atom. The molecule has 0 aromatic heterocycles. The fraction of sp³-hybridized carbons (Fsp3) is 0.857. The third-order valence-corrected chi connectivity index (χ3v) is 4.42. The van der Waals surface area contributed by atoms with Crippen LogP contribution in [0.15, 0.2) is 4.99 Å². The summed E-state index contributed by atoms with van der Waals surface area (Å²) < 4.78 is 16.3. The molecule has 1 aliphatic carbocycles. The van der Waals surface area contributed by atoms with Crippen molar-refractivity contribution in [3.05, 3.63) is 0 Å². The van der Waals surface area contributed by atoms with E-state index < -0.39 is 11.1 Å². The number of hydrogen-bond acceptors (Lipinski definition) is 5. The average molecular weight is 269 g/mol. The molecule has 108 valence electrons. The Morgan fingerprint density at radius 3 is 2.53 bits per heavy atom. The number of esters is 1. The third kappa shape index (κ3) is 1.95. The van der Waals surface area contributed by atoms with Crippen molar-refractivity contribution in [2.24, 2.45) is 16.3 Å². The largest absolute Gasteiger partial charge is 0.481 e. The van der Waals surface area contributed by atoms with E-state index in [4.69, 9.17) is 14.2 Å². The lowest BCUT2D eigenvalue weighted by Crippen LogP contribution is -2.57. The highest BCUT2D eigenvalue weighted by Crippen LogP contribution is 2.53. The Bertz CT molecular complexity index is 426. The summed E-state index contributed by atoms with van der Waals surface area (Å²) in [4.78, 5) is 16.9. The Balaban J connectivity index is 2.37. The Hall–Kier alpha value is -1.10. The van der Waals surface area contributed by atoms with Gasteiger partial charge < -0.3 is 14.2 Å². The molecule has 1 spiro atoms. The van der Waals surface area contributed by atoms with Gasteiger partial charge in [0.05, 0.1) is 13.7 Å². The molecule has 0 unspecified atom stereocenters. The molecular weight excluding hydrogens is 246 g/mol. The summed E-state index contributed by atoms with van der Waals surface area (Å²) in [7, 11) is 3.20. The smallest absolute Gasteiger partial charge is 0.335 e. The molecule has 0 radical (unpaired) electrons. The molecule has 0 aromatic rings. The molecular formula is C14H23NO4. The van der Waals surface area contributed by atoms with E-state index in [1.54, 1.807) is 14.2 Å². The SMILES string of the molecule is COC[C@H]1C[C@@]12N=C(OC)[C@](C)(C(C)(C)C)OC2=O. The van der Waals surface area contributed by atoms with Crippen molar-refractivity contribution in [2.75, 3.05) is 20.8 Å². The van der Waals surface area contributed by atoms with Crippen molar-refractivity contribution < 1.29 is 19.0 Å². The zero-order chi connectivity index (χ0) is 14.5. The fourth-order valence-electron chi connectivity index (χ4n) is 2.47. The van der Waals surface area contributed by atoms with E-state index in [1.165, 1.54) is 0 Å². The standard InChI is InChI=1S/C14H23NO4/c1-12(2,3)13(4)10(18-6)15-14(11(16)19-13)7-9(14)8-17-5/h9H,7-8H2,1-6H3/t9-,13-,14-/m1/s1. The van der Waals surface area contributed by atoms with Crippen molar-refractivity contribution >= 4 is 11.9 Å². The minimum Gasteiger partial charge on any atom is -0.481 e. The second-order valence-electron chi connectivity index (χ2n) is 6.57. The number of ether oxygens (including phenoxy) is 3. The zero-order valence-electron chi connectivity index (χ0n) is 12.6. The lowest BCUT2D eigenvalue weighted by Gasteiger charge is -2.44. The number of aliphatic imine (C=N–C) groups is 1. The topological polar surface area (TPSA) is 57.1 Å². The molecule has 19 heavy (non-hydrogen) atoms. The van der Waals surface area contributed by atoms with Gasteiger partial charge in [-0.25, -0.2) is 9.79 Å². The zero-order valence-corrected chi connectivity index (χ0v) is 12.6. The Labute approximate surface area is 114 Å². The fourth-order valence-corrected chi connectivity index (χ4v) is 2.47. The van der Waals surface area contributed by atoms with Gasteiger partial charge in [0.25, 0.3) is 0 Å². The predicted molar refractivity (Wildman–Crippen MR) is 71.1 cm³/mol. The maximum atomic E-state index is 12.3. The van der Waals surface area contributed by atoms with E-state index in [0.717, 1.165) is 0 Å². The Morgan fingerprint density at radius 1 is 1.42 bits per heavy atom. The summed E-state index contributed by atoms with van der Waals surface area (Å²) in [5.41, 5.74) is -1.89. The summed E-state index contributed by atoms with van der Waals surface area (Å²) in [6.45, 7) is 8.39. The maximum Gasteiger partial charge on any atom is 0.335 e. The van der Waals surface area contributed by atoms with Gasteiger partial charge >= 0.3 is 5.97 Å². The van der Waals surface area contributed by atoms with Gasteiger partial charge in [-0.1, -0.05) is 20.8 Å². The van der Waals surface area contributed by atoms with Crippen LogP contribution in [0.2, 0.25) is 0 Å². The van der Waals surface area contributed by atoms with Crippen LogP contribution in [0, 0.1) is 11.3 Å². The summed E-state index contributed by atoms with van der Waals surface area (Å²) in [5, 5.41) is 0. The first-order valence-corrected chi connectivity index (χ1v) is 6.58. The van der Waals surface area contributed by atoms with Gasteiger partial charge in [-0.2, -0.15) is 0 Å². The summed E-state index contributed by atoms with van der Waals surface area (Å²) in [5.74, 6) is 0.339. The van der Waals surface area contributed by atoms with Crippen LogP contribution in [-0.4, -0.2) is 43.8 Å². The normalized spacial score (nSPS) is 37.9. The quantitative estimate of drug-likeness (QED) is 0.717. The highest BCUT2D eigenvalue weighted by molar-refractivity contribution is 5.98. The van der Waals surface area contributed by atoms with Gasteiger partial charge in [0.15, 0.2) is 11.1 Å². The average Bonchev–Trinajstić information content (AvgIpc) is 2.98. The second-order valence-corrected chi connectivity index (χ2v) is 6.57. The van der Waals surface area contributed by atoms with Crippen LogP contribution in [0.1, 0.15) is 34.1 Å². The molecule has 0 saturated heterocycles. The minimum absolute atomic E-state index is 0.0969. The molecule has 1 heterocycles. The van der Waals surface area contributed by atoms with Crippen LogP contribution in [0.25, 0.3) is 0 Å². The minimum atomic E-state index is -0.829. The van der Waals surface area contributed by atoms with E-state index in [-0.39, 0.29) is 17.3 Å². The summed E-state index contributed by atoms with van der Waals surface area (Å²) in [6, 6.07) is 0. The van der Waals surface area contributed by atoms with Crippen LogP contribution >= 0.6 is 0 Å². The molecule has 0 aromatic carbocycles.